The molecule has 1 heterocycles. The number of methoxy groups -OCH3 is 1. The molecule has 0 saturated heterocycles. The van der Waals surface area contributed by atoms with Crippen molar-refractivity contribution in [2.24, 2.45) is 10.8 Å². The van der Waals surface area contributed by atoms with Crippen LogP contribution >= 0.6 is 0 Å². The van der Waals surface area contributed by atoms with E-state index >= 15 is 0 Å². The molecule has 18 heavy (non-hydrogen) atoms. The molecule has 7 nitrogen and oxygen atoms in total. The first kappa shape index (κ1) is 14.5. The third-order valence-corrected chi connectivity index (χ3v) is 2.44. The number of esters is 1. The molecule has 3 N–H and O–H groups in total. The molecule has 0 unspecified atom stereocenters. The predicted octanol–water partition coefficient (Wildman–Crippen LogP) is 0.334. The van der Waals surface area contributed by atoms with Crippen LogP contribution in [0.25, 0.3) is 0 Å². The van der Waals surface area contributed by atoms with Crippen molar-refractivity contribution < 1.29 is 19.4 Å². The van der Waals surface area contributed by atoms with Gasteiger partial charge in [0.25, 0.3) is 0 Å². The van der Waals surface area contributed by atoms with Gasteiger partial charge in [-0.15, -0.1) is 0 Å². The zero-order valence-corrected chi connectivity index (χ0v) is 10.7. The first-order valence-electron chi connectivity index (χ1n) is 5.78. The van der Waals surface area contributed by atoms with E-state index in [1.807, 2.05) is 0 Å². The summed E-state index contributed by atoms with van der Waals surface area (Å²) in [5.41, 5.74) is 0.0786. The first-order chi connectivity index (χ1) is 8.60. The SMILES string of the molecule is CCOC(=O)C1=C(O)N=C(CCCOC)N(N)C1. The molecule has 0 fully saturated rings. The Kier molecular flexibility index (Phi) is 5.60. The van der Waals surface area contributed by atoms with Gasteiger partial charge in [0, 0.05) is 20.1 Å². The number of ether oxygens (including phenoxy) is 2. The van der Waals surface area contributed by atoms with Crippen LogP contribution in [0.4, 0.5) is 0 Å². The highest BCUT2D eigenvalue weighted by atomic mass is 16.5. The molecular formula is C11H19N3O4. The Morgan fingerprint density at radius 3 is 2.94 bits per heavy atom. The largest absolute Gasteiger partial charge is 0.493 e. The summed E-state index contributed by atoms with van der Waals surface area (Å²) < 4.78 is 9.73. The third-order valence-electron chi connectivity index (χ3n) is 2.44. The van der Waals surface area contributed by atoms with Gasteiger partial charge in [0.1, 0.15) is 11.4 Å². The number of nitrogens with zero attached hydrogens (tertiary/aromatic N) is 2. The minimum absolute atomic E-state index is 0.0786. The Hall–Kier alpha value is -1.60. The fourth-order valence-corrected chi connectivity index (χ4v) is 1.53. The molecule has 0 aromatic carbocycles. The van der Waals surface area contributed by atoms with Gasteiger partial charge in [-0.25, -0.2) is 10.6 Å². The Labute approximate surface area is 106 Å². The maximum absolute atomic E-state index is 11.5. The summed E-state index contributed by atoms with van der Waals surface area (Å²) in [6.45, 7) is 2.61. The van der Waals surface area contributed by atoms with Crippen molar-refractivity contribution in [2.45, 2.75) is 19.8 Å². The van der Waals surface area contributed by atoms with Gasteiger partial charge in [-0.2, -0.15) is 4.99 Å². The summed E-state index contributed by atoms with van der Waals surface area (Å²) in [7, 11) is 1.61. The number of carbonyl (C=O) groups excluding carboxylic acids is 1. The van der Waals surface area contributed by atoms with E-state index in [4.69, 9.17) is 15.3 Å². The maximum atomic E-state index is 11.5. The minimum Gasteiger partial charge on any atom is -0.493 e. The number of rotatable bonds is 6. The fourth-order valence-electron chi connectivity index (χ4n) is 1.53. The summed E-state index contributed by atoms with van der Waals surface area (Å²) in [5, 5.41) is 11.0. The van der Waals surface area contributed by atoms with Crippen molar-refractivity contribution in [3.05, 3.63) is 11.5 Å². The summed E-state index contributed by atoms with van der Waals surface area (Å²) in [5.74, 6) is 5.37. The van der Waals surface area contributed by atoms with Gasteiger partial charge in [0.15, 0.2) is 0 Å². The van der Waals surface area contributed by atoms with Crippen LogP contribution in [0.15, 0.2) is 16.4 Å². The average molecular weight is 257 g/mol. The van der Waals surface area contributed by atoms with Gasteiger partial charge in [-0.05, 0) is 13.3 Å². The lowest BCUT2D eigenvalue weighted by Gasteiger charge is -2.25. The normalized spacial score (nSPS) is 15.7. The number of aliphatic hydroxyl groups is 1. The van der Waals surface area contributed by atoms with Crippen LogP contribution in [0.1, 0.15) is 19.8 Å². The molecule has 0 saturated carbocycles. The molecule has 1 aliphatic rings. The highest BCUT2D eigenvalue weighted by Crippen LogP contribution is 2.15. The van der Waals surface area contributed by atoms with Crippen molar-refractivity contribution in [3.63, 3.8) is 0 Å². The zero-order chi connectivity index (χ0) is 13.5. The minimum atomic E-state index is -0.592. The molecule has 0 aliphatic carbocycles. The molecule has 0 spiro atoms. The predicted molar refractivity (Wildman–Crippen MR) is 65.7 cm³/mol. The molecule has 0 atom stereocenters. The second kappa shape index (κ2) is 6.97. The highest BCUT2D eigenvalue weighted by Gasteiger charge is 2.25. The summed E-state index contributed by atoms with van der Waals surface area (Å²) in [4.78, 5) is 15.4. The molecule has 0 amide bonds. The molecular weight excluding hydrogens is 238 g/mol. The maximum Gasteiger partial charge on any atom is 0.341 e. The summed E-state index contributed by atoms with van der Waals surface area (Å²) >= 11 is 0. The summed E-state index contributed by atoms with van der Waals surface area (Å²) in [6.07, 6.45) is 1.32. The van der Waals surface area contributed by atoms with Gasteiger partial charge < -0.3 is 14.6 Å². The molecule has 1 aliphatic heterocycles. The van der Waals surface area contributed by atoms with Crippen molar-refractivity contribution in [1.29, 1.82) is 0 Å². The van der Waals surface area contributed by atoms with Gasteiger partial charge in [0.05, 0.1) is 13.2 Å². The van der Waals surface area contributed by atoms with E-state index in [-0.39, 0.29) is 24.6 Å². The highest BCUT2D eigenvalue weighted by molar-refractivity contribution is 5.93. The molecule has 7 heteroatoms. The van der Waals surface area contributed by atoms with E-state index in [9.17, 15) is 9.90 Å². The smallest absolute Gasteiger partial charge is 0.341 e. The number of hydrazine groups is 1. The number of nitrogens with two attached hydrogens (primary N) is 1. The number of hydrogen-bond donors (Lipinski definition) is 2. The van der Waals surface area contributed by atoms with E-state index in [1.54, 1.807) is 14.0 Å². The number of aliphatic hydroxyl groups excluding tert-OH is 1. The second-order valence-corrected chi connectivity index (χ2v) is 3.77. The van der Waals surface area contributed by atoms with Gasteiger partial charge in [-0.1, -0.05) is 0 Å². The zero-order valence-electron chi connectivity index (χ0n) is 10.7. The lowest BCUT2D eigenvalue weighted by Crippen LogP contribution is -2.43. The lowest BCUT2D eigenvalue weighted by molar-refractivity contribution is -0.139. The van der Waals surface area contributed by atoms with Crippen LogP contribution in [0.3, 0.4) is 0 Å². The average Bonchev–Trinajstić information content (AvgIpc) is 2.33. The Morgan fingerprint density at radius 1 is 1.61 bits per heavy atom. The van der Waals surface area contributed by atoms with E-state index in [1.165, 1.54) is 5.01 Å². The van der Waals surface area contributed by atoms with Crippen LogP contribution in [0.5, 0.6) is 0 Å². The van der Waals surface area contributed by atoms with Crippen molar-refractivity contribution in [3.8, 4) is 0 Å². The Morgan fingerprint density at radius 2 is 2.33 bits per heavy atom. The van der Waals surface area contributed by atoms with Crippen molar-refractivity contribution >= 4 is 11.8 Å². The van der Waals surface area contributed by atoms with Crippen LogP contribution in [-0.2, 0) is 14.3 Å². The van der Waals surface area contributed by atoms with E-state index in [2.05, 4.69) is 4.99 Å². The standard InChI is InChI=1S/C11H19N3O4/c1-3-18-11(16)8-7-14(12)9(13-10(8)15)5-4-6-17-2/h15H,3-7,12H2,1-2H3. The van der Waals surface area contributed by atoms with Crippen LogP contribution in [0, 0.1) is 0 Å². The lowest BCUT2D eigenvalue weighted by atomic mass is 10.2. The first-order valence-corrected chi connectivity index (χ1v) is 5.78. The molecule has 0 aromatic heterocycles. The summed E-state index contributed by atoms with van der Waals surface area (Å²) in [6, 6.07) is 0. The number of amidine groups is 1. The van der Waals surface area contributed by atoms with Crippen LogP contribution in [-0.4, -0.2) is 48.8 Å². The molecule has 0 bridgehead atoms. The third kappa shape index (κ3) is 3.71. The molecule has 0 aromatic rings. The number of hydrogen-bond acceptors (Lipinski definition) is 7. The quantitative estimate of drug-likeness (QED) is 0.404. The van der Waals surface area contributed by atoms with E-state index in [0.717, 1.165) is 6.42 Å². The second-order valence-electron chi connectivity index (χ2n) is 3.77. The Bertz CT molecular complexity index is 365. The van der Waals surface area contributed by atoms with Gasteiger partial charge >= 0.3 is 5.97 Å². The van der Waals surface area contributed by atoms with Crippen molar-refractivity contribution in [2.75, 3.05) is 26.9 Å². The monoisotopic (exact) mass is 257 g/mol. The number of carbonyl (C=O) groups is 1. The van der Waals surface area contributed by atoms with E-state index < -0.39 is 5.97 Å². The van der Waals surface area contributed by atoms with Crippen molar-refractivity contribution in [1.82, 2.24) is 5.01 Å². The molecule has 0 radical (unpaired) electrons. The molecule has 102 valence electrons. The molecule has 1 rings (SSSR count). The fraction of sp³-hybridized carbons (Fsp3) is 0.636. The topological polar surface area (TPSA) is 97.4 Å². The van der Waals surface area contributed by atoms with Gasteiger partial charge in [-0.3, -0.25) is 5.01 Å². The van der Waals surface area contributed by atoms with Gasteiger partial charge in [0.2, 0.25) is 5.88 Å². The number of aliphatic imine (C=N–C) groups is 1. The van der Waals surface area contributed by atoms with Crippen LogP contribution in [0.2, 0.25) is 0 Å². The Balaban J connectivity index is 2.73. The van der Waals surface area contributed by atoms with E-state index in [0.29, 0.717) is 18.9 Å². The van der Waals surface area contributed by atoms with Crippen LogP contribution < -0.4 is 5.84 Å².